The van der Waals surface area contributed by atoms with Gasteiger partial charge in [0.1, 0.15) is 12.1 Å². The Hall–Kier alpha value is -1.18. The van der Waals surface area contributed by atoms with Crippen LogP contribution in [0.15, 0.2) is 6.07 Å². The molecule has 1 aliphatic rings. The van der Waals surface area contributed by atoms with Crippen molar-refractivity contribution in [1.82, 2.24) is 0 Å². The van der Waals surface area contributed by atoms with E-state index in [1.54, 1.807) is 6.92 Å². The van der Waals surface area contributed by atoms with Crippen LogP contribution in [0, 0.1) is 12.7 Å². The molecule has 2 rings (SSSR count). The summed E-state index contributed by atoms with van der Waals surface area (Å²) in [4.78, 5) is 10.7. The summed E-state index contributed by atoms with van der Waals surface area (Å²) >= 11 is 0. The van der Waals surface area contributed by atoms with Gasteiger partial charge >= 0.3 is 0 Å². The maximum absolute atomic E-state index is 13.8. The minimum atomic E-state index is -0.163. The number of fused-ring (bicyclic) bond motifs is 1. The topological polar surface area (TPSA) is 17.1 Å². The molecule has 0 saturated carbocycles. The molecule has 0 bridgehead atoms. The lowest BCUT2D eigenvalue weighted by Crippen LogP contribution is -2.08. The summed E-state index contributed by atoms with van der Waals surface area (Å²) in [5.41, 5.74) is 2.87. The largest absolute Gasteiger partial charge is 0.298 e. The zero-order valence-corrected chi connectivity index (χ0v) is 8.27. The fourth-order valence-electron chi connectivity index (χ4n) is 2.11. The van der Waals surface area contributed by atoms with E-state index >= 15 is 0 Å². The normalized spacial score (nSPS) is 15.0. The second kappa shape index (κ2) is 3.52. The highest BCUT2D eigenvalue weighted by molar-refractivity contribution is 5.78. The molecule has 14 heavy (non-hydrogen) atoms. The Bertz CT molecular complexity index is 382. The highest BCUT2D eigenvalue weighted by Crippen LogP contribution is 2.27. The van der Waals surface area contributed by atoms with E-state index in [4.69, 9.17) is 0 Å². The molecule has 0 unspecified atom stereocenters. The lowest BCUT2D eigenvalue weighted by atomic mass is 9.88. The molecular weight excluding hydrogens is 179 g/mol. The van der Waals surface area contributed by atoms with E-state index in [-0.39, 0.29) is 5.82 Å². The summed E-state index contributed by atoms with van der Waals surface area (Å²) in [6, 6.07) is 1.85. The predicted molar refractivity (Wildman–Crippen MR) is 53.2 cm³/mol. The van der Waals surface area contributed by atoms with Gasteiger partial charge in [0.2, 0.25) is 0 Å². The van der Waals surface area contributed by atoms with Crippen molar-refractivity contribution < 1.29 is 9.18 Å². The smallest absolute Gasteiger partial charge is 0.150 e. The number of halogens is 1. The van der Waals surface area contributed by atoms with E-state index in [0.29, 0.717) is 11.1 Å². The molecule has 2 heteroatoms. The Kier molecular flexibility index (Phi) is 2.36. The zero-order valence-electron chi connectivity index (χ0n) is 8.27. The third-order valence-electron chi connectivity index (χ3n) is 2.99. The van der Waals surface area contributed by atoms with Gasteiger partial charge in [-0.3, -0.25) is 4.79 Å². The fourth-order valence-corrected chi connectivity index (χ4v) is 2.11. The number of rotatable bonds is 1. The van der Waals surface area contributed by atoms with Gasteiger partial charge in [0.25, 0.3) is 0 Å². The summed E-state index contributed by atoms with van der Waals surface area (Å²) in [7, 11) is 0. The van der Waals surface area contributed by atoms with Gasteiger partial charge in [0.15, 0.2) is 0 Å². The quantitative estimate of drug-likeness (QED) is 0.625. The van der Waals surface area contributed by atoms with Gasteiger partial charge in [-0.15, -0.1) is 0 Å². The van der Waals surface area contributed by atoms with E-state index in [1.165, 1.54) is 0 Å². The molecule has 1 aliphatic carbocycles. The Morgan fingerprint density at radius 1 is 1.36 bits per heavy atom. The van der Waals surface area contributed by atoms with Crippen molar-refractivity contribution in [2.45, 2.75) is 32.6 Å². The van der Waals surface area contributed by atoms with Gasteiger partial charge in [-0.2, -0.15) is 0 Å². The number of hydrogen-bond donors (Lipinski definition) is 0. The average molecular weight is 192 g/mol. The van der Waals surface area contributed by atoms with Crippen molar-refractivity contribution in [3.63, 3.8) is 0 Å². The van der Waals surface area contributed by atoms with Crippen molar-refractivity contribution >= 4 is 6.29 Å². The fraction of sp³-hybridized carbons (Fsp3) is 0.417. The summed E-state index contributed by atoms with van der Waals surface area (Å²) in [5, 5.41) is 0. The van der Waals surface area contributed by atoms with Crippen molar-refractivity contribution in [3.8, 4) is 0 Å². The first kappa shape index (κ1) is 9.38. The first-order valence-electron chi connectivity index (χ1n) is 5.00. The van der Waals surface area contributed by atoms with Gasteiger partial charge < -0.3 is 0 Å². The summed E-state index contributed by atoms with van der Waals surface area (Å²) < 4.78 is 13.8. The highest BCUT2D eigenvalue weighted by atomic mass is 19.1. The van der Waals surface area contributed by atoms with Crippen LogP contribution < -0.4 is 0 Å². The number of carbonyl (C=O) groups excluding carboxylic acids is 1. The van der Waals surface area contributed by atoms with Crippen LogP contribution in [0.2, 0.25) is 0 Å². The molecule has 0 spiro atoms. The predicted octanol–water partition coefficient (Wildman–Crippen LogP) is 2.83. The lowest BCUT2D eigenvalue weighted by molar-refractivity contribution is 0.112. The number of aryl methyl sites for hydroxylation is 1. The molecule has 0 heterocycles. The molecule has 1 aromatic rings. The molecule has 0 aliphatic heterocycles. The standard InChI is InChI=1S/C12H13FO/c1-8-10(7-14)6-9-4-2-3-5-11(9)12(8)13/h6-7H,2-5H2,1H3. The summed E-state index contributed by atoms with van der Waals surface area (Å²) in [6.45, 7) is 1.67. The molecule has 0 fully saturated rings. The van der Waals surface area contributed by atoms with Crippen molar-refractivity contribution in [1.29, 1.82) is 0 Å². The Balaban J connectivity index is 2.62. The second-order valence-electron chi connectivity index (χ2n) is 3.87. The van der Waals surface area contributed by atoms with Crippen LogP contribution >= 0.6 is 0 Å². The number of aldehydes is 1. The van der Waals surface area contributed by atoms with Crippen LogP contribution in [0.3, 0.4) is 0 Å². The minimum Gasteiger partial charge on any atom is -0.298 e. The summed E-state index contributed by atoms with van der Waals surface area (Å²) in [6.07, 6.45) is 4.64. The average Bonchev–Trinajstić information content (AvgIpc) is 2.23. The molecule has 0 N–H and O–H groups in total. The molecule has 1 aromatic carbocycles. The van der Waals surface area contributed by atoms with Crippen LogP contribution in [-0.4, -0.2) is 6.29 Å². The zero-order chi connectivity index (χ0) is 10.1. The van der Waals surface area contributed by atoms with Crippen molar-refractivity contribution in [2.24, 2.45) is 0 Å². The lowest BCUT2D eigenvalue weighted by Gasteiger charge is -2.18. The van der Waals surface area contributed by atoms with Gasteiger partial charge in [0, 0.05) is 5.56 Å². The number of benzene rings is 1. The highest BCUT2D eigenvalue weighted by Gasteiger charge is 2.17. The third kappa shape index (κ3) is 1.35. The maximum atomic E-state index is 13.8. The molecule has 74 valence electrons. The van der Waals surface area contributed by atoms with E-state index < -0.39 is 0 Å². The second-order valence-corrected chi connectivity index (χ2v) is 3.87. The molecule has 0 aromatic heterocycles. The molecular formula is C12H13FO. The van der Waals surface area contributed by atoms with Crippen LogP contribution in [0.25, 0.3) is 0 Å². The van der Waals surface area contributed by atoms with Crippen molar-refractivity contribution in [2.75, 3.05) is 0 Å². The summed E-state index contributed by atoms with van der Waals surface area (Å²) in [5.74, 6) is -0.163. The Morgan fingerprint density at radius 2 is 2.07 bits per heavy atom. The first-order valence-corrected chi connectivity index (χ1v) is 5.00. The number of carbonyl (C=O) groups is 1. The maximum Gasteiger partial charge on any atom is 0.150 e. The third-order valence-corrected chi connectivity index (χ3v) is 2.99. The van der Waals surface area contributed by atoms with E-state index in [9.17, 15) is 9.18 Å². The van der Waals surface area contributed by atoms with Crippen molar-refractivity contribution in [3.05, 3.63) is 34.1 Å². The molecule has 0 saturated heterocycles. The van der Waals surface area contributed by atoms with Crippen LogP contribution in [0.1, 0.15) is 39.9 Å². The van der Waals surface area contributed by atoms with Gasteiger partial charge in [-0.25, -0.2) is 4.39 Å². The van der Waals surface area contributed by atoms with E-state index in [0.717, 1.165) is 43.1 Å². The molecule has 0 amide bonds. The van der Waals surface area contributed by atoms with Crippen LogP contribution in [0.5, 0.6) is 0 Å². The monoisotopic (exact) mass is 192 g/mol. The van der Waals surface area contributed by atoms with Crippen LogP contribution in [0.4, 0.5) is 4.39 Å². The first-order chi connectivity index (χ1) is 6.74. The Labute approximate surface area is 82.9 Å². The molecule has 0 radical (unpaired) electrons. The Morgan fingerprint density at radius 3 is 2.79 bits per heavy atom. The van der Waals surface area contributed by atoms with Gasteiger partial charge in [0.05, 0.1) is 0 Å². The molecule has 1 nitrogen and oxygen atoms in total. The van der Waals surface area contributed by atoms with Crippen LogP contribution in [-0.2, 0) is 12.8 Å². The minimum absolute atomic E-state index is 0.163. The van der Waals surface area contributed by atoms with Gasteiger partial charge in [-0.1, -0.05) is 0 Å². The van der Waals surface area contributed by atoms with Gasteiger partial charge in [-0.05, 0) is 55.4 Å². The van der Waals surface area contributed by atoms with E-state index in [2.05, 4.69) is 0 Å². The molecule has 0 atom stereocenters. The van der Waals surface area contributed by atoms with E-state index in [1.807, 2.05) is 6.07 Å². The number of hydrogen-bond acceptors (Lipinski definition) is 1. The SMILES string of the molecule is Cc1c(C=O)cc2c(c1F)CCCC2.